The highest BCUT2D eigenvalue weighted by molar-refractivity contribution is 5.87. The van der Waals surface area contributed by atoms with Crippen LogP contribution in [0, 0.1) is 0 Å². The van der Waals surface area contributed by atoms with Crippen LogP contribution >= 0.6 is 0 Å². The molecule has 0 aliphatic heterocycles. The maximum atomic E-state index is 13.2. The molecule has 27 heavy (non-hydrogen) atoms. The molecule has 0 unspecified atom stereocenters. The second kappa shape index (κ2) is 7.41. The average molecular weight is 356 g/mol. The first-order valence-corrected chi connectivity index (χ1v) is 8.94. The lowest BCUT2D eigenvalue weighted by Crippen LogP contribution is -2.33. The van der Waals surface area contributed by atoms with Gasteiger partial charge in [0.2, 0.25) is 5.91 Å². The van der Waals surface area contributed by atoms with E-state index in [-0.39, 0.29) is 17.9 Å². The van der Waals surface area contributed by atoms with E-state index in [2.05, 4.69) is 15.5 Å². The maximum Gasteiger partial charge on any atom is 0.232 e. The number of rotatable bonds is 5. The summed E-state index contributed by atoms with van der Waals surface area (Å²) in [6, 6.07) is 25.1. The fourth-order valence-corrected chi connectivity index (χ4v) is 3.30. The van der Waals surface area contributed by atoms with E-state index in [1.807, 2.05) is 96.4 Å². The summed E-state index contributed by atoms with van der Waals surface area (Å²) in [6.07, 6.45) is 1.90. The molecule has 4 rings (SSSR count). The molecule has 1 N–H and O–H groups in total. The van der Waals surface area contributed by atoms with Gasteiger partial charge in [-0.05, 0) is 30.2 Å². The summed E-state index contributed by atoms with van der Waals surface area (Å²) in [6.45, 7) is 1.92. The van der Waals surface area contributed by atoms with Crippen molar-refractivity contribution in [1.82, 2.24) is 19.9 Å². The Morgan fingerprint density at radius 1 is 0.852 bits per heavy atom. The largest absolute Gasteiger partial charge is 0.346 e. The van der Waals surface area contributed by atoms with Crippen molar-refractivity contribution in [1.29, 1.82) is 0 Å². The predicted octanol–water partition coefficient (Wildman–Crippen LogP) is 3.74. The third-order valence-electron chi connectivity index (χ3n) is 4.61. The molecule has 0 aliphatic rings. The SMILES string of the molecule is C[C@H](NC(=O)C(c1ccccc1)c1ccccc1)c1nnc2ccccn12. The van der Waals surface area contributed by atoms with E-state index in [4.69, 9.17) is 0 Å². The normalized spacial score (nSPS) is 12.2. The van der Waals surface area contributed by atoms with E-state index < -0.39 is 0 Å². The molecule has 2 aromatic carbocycles. The van der Waals surface area contributed by atoms with Gasteiger partial charge in [0, 0.05) is 6.20 Å². The molecule has 1 atom stereocenters. The van der Waals surface area contributed by atoms with Crippen molar-refractivity contribution in [2.24, 2.45) is 0 Å². The van der Waals surface area contributed by atoms with Gasteiger partial charge in [0.1, 0.15) is 0 Å². The Labute approximate surface area is 157 Å². The van der Waals surface area contributed by atoms with E-state index >= 15 is 0 Å². The number of pyridine rings is 1. The number of nitrogens with zero attached hydrogens (tertiary/aromatic N) is 3. The highest BCUT2D eigenvalue weighted by atomic mass is 16.2. The maximum absolute atomic E-state index is 13.2. The number of nitrogens with one attached hydrogen (secondary N) is 1. The summed E-state index contributed by atoms with van der Waals surface area (Å²) in [5.41, 5.74) is 2.68. The van der Waals surface area contributed by atoms with Crippen LogP contribution in [0.3, 0.4) is 0 Å². The number of carbonyl (C=O) groups excluding carboxylic acids is 1. The molecule has 0 radical (unpaired) electrons. The summed E-state index contributed by atoms with van der Waals surface area (Å²) in [4.78, 5) is 13.2. The van der Waals surface area contributed by atoms with Gasteiger partial charge in [-0.3, -0.25) is 9.20 Å². The van der Waals surface area contributed by atoms with E-state index in [9.17, 15) is 4.79 Å². The Morgan fingerprint density at radius 2 is 1.44 bits per heavy atom. The summed E-state index contributed by atoms with van der Waals surface area (Å²) in [5.74, 6) is 0.264. The summed E-state index contributed by atoms with van der Waals surface area (Å²) in [5, 5.41) is 11.5. The molecule has 0 fully saturated rings. The van der Waals surface area contributed by atoms with E-state index in [0.717, 1.165) is 16.8 Å². The molecule has 2 heterocycles. The van der Waals surface area contributed by atoms with Crippen molar-refractivity contribution < 1.29 is 4.79 Å². The van der Waals surface area contributed by atoms with Gasteiger partial charge >= 0.3 is 0 Å². The number of hydrogen-bond acceptors (Lipinski definition) is 3. The Balaban J connectivity index is 1.64. The lowest BCUT2D eigenvalue weighted by molar-refractivity contribution is -0.122. The average Bonchev–Trinajstić information content (AvgIpc) is 3.14. The fraction of sp³-hybridized carbons (Fsp3) is 0.136. The highest BCUT2D eigenvalue weighted by Crippen LogP contribution is 2.26. The summed E-state index contributed by atoms with van der Waals surface area (Å²) >= 11 is 0. The molecule has 0 saturated carbocycles. The number of fused-ring (bicyclic) bond motifs is 1. The van der Waals surface area contributed by atoms with E-state index in [1.165, 1.54) is 0 Å². The Kier molecular flexibility index (Phi) is 4.66. The number of benzene rings is 2. The van der Waals surface area contributed by atoms with Crippen molar-refractivity contribution in [2.75, 3.05) is 0 Å². The van der Waals surface area contributed by atoms with Crippen LogP contribution in [0.4, 0.5) is 0 Å². The quantitative estimate of drug-likeness (QED) is 0.593. The highest BCUT2D eigenvalue weighted by Gasteiger charge is 2.25. The lowest BCUT2D eigenvalue weighted by Gasteiger charge is -2.20. The third kappa shape index (κ3) is 3.44. The summed E-state index contributed by atoms with van der Waals surface area (Å²) < 4.78 is 1.89. The Bertz CT molecular complexity index is 1000. The van der Waals surface area contributed by atoms with Gasteiger partial charge < -0.3 is 5.32 Å². The lowest BCUT2D eigenvalue weighted by atomic mass is 9.90. The van der Waals surface area contributed by atoms with Crippen molar-refractivity contribution >= 4 is 11.6 Å². The zero-order chi connectivity index (χ0) is 18.6. The predicted molar refractivity (Wildman–Crippen MR) is 104 cm³/mol. The van der Waals surface area contributed by atoms with Gasteiger partial charge in [0.05, 0.1) is 12.0 Å². The molecule has 1 amide bonds. The Morgan fingerprint density at radius 3 is 2.07 bits per heavy atom. The monoisotopic (exact) mass is 356 g/mol. The van der Waals surface area contributed by atoms with Gasteiger partial charge in [-0.15, -0.1) is 10.2 Å². The second-order valence-corrected chi connectivity index (χ2v) is 6.47. The van der Waals surface area contributed by atoms with Crippen LogP contribution in [0.2, 0.25) is 0 Å². The fourth-order valence-electron chi connectivity index (χ4n) is 3.30. The van der Waals surface area contributed by atoms with Gasteiger partial charge in [0.25, 0.3) is 0 Å². The number of hydrogen-bond donors (Lipinski definition) is 1. The van der Waals surface area contributed by atoms with Gasteiger partial charge in [-0.1, -0.05) is 66.7 Å². The first-order chi connectivity index (χ1) is 13.2. The van der Waals surface area contributed by atoms with Crippen LogP contribution in [-0.4, -0.2) is 20.5 Å². The first-order valence-electron chi connectivity index (χ1n) is 8.94. The topological polar surface area (TPSA) is 59.3 Å². The van der Waals surface area contributed by atoms with Gasteiger partial charge in [0.15, 0.2) is 11.5 Å². The van der Waals surface area contributed by atoms with Crippen molar-refractivity contribution in [3.63, 3.8) is 0 Å². The van der Waals surface area contributed by atoms with Gasteiger partial charge in [-0.2, -0.15) is 0 Å². The number of carbonyl (C=O) groups is 1. The zero-order valence-electron chi connectivity index (χ0n) is 15.0. The van der Waals surface area contributed by atoms with Crippen LogP contribution in [0.1, 0.15) is 35.8 Å². The van der Waals surface area contributed by atoms with Crippen LogP contribution < -0.4 is 5.32 Å². The molecule has 0 spiro atoms. The minimum absolute atomic E-state index is 0.0624. The van der Waals surface area contributed by atoms with Crippen LogP contribution in [0.25, 0.3) is 5.65 Å². The molecule has 5 heteroatoms. The molecule has 5 nitrogen and oxygen atoms in total. The number of aromatic nitrogens is 3. The molecular formula is C22H20N4O. The molecule has 134 valence electrons. The molecule has 0 aliphatic carbocycles. The molecule has 2 aromatic heterocycles. The minimum Gasteiger partial charge on any atom is -0.346 e. The molecule has 0 bridgehead atoms. The number of amides is 1. The summed E-state index contributed by atoms with van der Waals surface area (Å²) in [7, 11) is 0. The van der Waals surface area contributed by atoms with Crippen molar-refractivity contribution in [3.8, 4) is 0 Å². The van der Waals surface area contributed by atoms with Crippen molar-refractivity contribution in [2.45, 2.75) is 18.9 Å². The third-order valence-corrected chi connectivity index (χ3v) is 4.61. The van der Waals surface area contributed by atoms with Crippen LogP contribution in [0.5, 0.6) is 0 Å². The van der Waals surface area contributed by atoms with Crippen molar-refractivity contribution in [3.05, 3.63) is 102 Å². The second-order valence-electron chi connectivity index (χ2n) is 6.47. The van der Waals surface area contributed by atoms with E-state index in [1.54, 1.807) is 0 Å². The molecule has 0 saturated heterocycles. The van der Waals surface area contributed by atoms with Crippen LogP contribution in [0.15, 0.2) is 85.1 Å². The van der Waals surface area contributed by atoms with Gasteiger partial charge in [-0.25, -0.2) is 0 Å². The van der Waals surface area contributed by atoms with Crippen LogP contribution in [-0.2, 0) is 4.79 Å². The molecular weight excluding hydrogens is 336 g/mol. The first kappa shape index (κ1) is 17.0. The smallest absolute Gasteiger partial charge is 0.232 e. The zero-order valence-corrected chi connectivity index (χ0v) is 15.0. The molecule has 4 aromatic rings. The Hall–Kier alpha value is -3.47. The standard InChI is InChI=1S/C22H20N4O/c1-16(21-25-24-19-14-8-9-15-26(19)21)23-22(27)20(17-10-4-2-5-11-17)18-12-6-3-7-13-18/h2-16,20H,1H3,(H,23,27)/t16-/m0/s1. The van der Waals surface area contributed by atoms with E-state index in [0.29, 0.717) is 5.82 Å². The minimum atomic E-state index is -0.381.